The molecule has 0 aromatic heterocycles. The van der Waals surface area contributed by atoms with Crippen LogP contribution in [0.5, 0.6) is 0 Å². The van der Waals surface area contributed by atoms with E-state index in [1.165, 1.54) is 44.9 Å². The molecule has 1 amide bonds. The van der Waals surface area contributed by atoms with Gasteiger partial charge in [-0.1, -0.05) is 46.0 Å². The summed E-state index contributed by atoms with van der Waals surface area (Å²) in [6, 6.07) is 0.474. The number of piperidine rings is 1. The van der Waals surface area contributed by atoms with Crippen LogP contribution in [0.2, 0.25) is 0 Å². The lowest BCUT2D eigenvalue weighted by Crippen LogP contribution is -2.47. The Morgan fingerprint density at radius 2 is 1.95 bits per heavy atom. The van der Waals surface area contributed by atoms with E-state index in [1.807, 2.05) is 0 Å². The van der Waals surface area contributed by atoms with E-state index in [2.05, 4.69) is 24.5 Å². The molecule has 0 spiro atoms. The van der Waals surface area contributed by atoms with E-state index >= 15 is 0 Å². The van der Waals surface area contributed by atoms with E-state index < -0.39 is 0 Å². The summed E-state index contributed by atoms with van der Waals surface area (Å²) in [6.07, 6.45) is 10.7. The highest BCUT2D eigenvalue weighted by Crippen LogP contribution is 2.14. The molecule has 1 aliphatic rings. The molecular weight excluding hydrogens is 236 g/mol. The molecule has 2 N–H and O–H groups in total. The number of carbonyl (C=O) groups is 1. The molecule has 0 saturated carbocycles. The average Bonchev–Trinajstić information content (AvgIpc) is 2.42. The summed E-state index contributed by atoms with van der Waals surface area (Å²) in [5.74, 6) is 0.915. The Morgan fingerprint density at radius 3 is 2.68 bits per heavy atom. The lowest BCUT2D eigenvalue weighted by atomic mass is 9.93. The Labute approximate surface area is 118 Å². The van der Waals surface area contributed by atoms with Crippen molar-refractivity contribution in [1.29, 1.82) is 0 Å². The van der Waals surface area contributed by atoms with Gasteiger partial charge in [0.2, 0.25) is 5.91 Å². The fraction of sp³-hybridized carbons (Fsp3) is 0.938. The zero-order valence-electron chi connectivity index (χ0n) is 12.8. The van der Waals surface area contributed by atoms with E-state index in [9.17, 15) is 4.79 Å². The summed E-state index contributed by atoms with van der Waals surface area (Å²) in [5, 5.41) is 6.58. The highest BCUT2D eigenvalue weighted by molar-refractivity contribution is 5.75. The number of unbranched alkanes of at least 4 members (excludes halogenated alkanes) is 5. The molecular formula is C16H32N2O. The fourth-order valence-corrected chi connectivity index (χ4v) is 2.77. The van der Waals surface area contributed by atoms with E-state index in [0.717, 1.165) is 19.5 Å². The highest BCUT2D eigenvalue weighted by atomic mass is 16.1. The molecule has 3 heteroatoms. The van der Waals surface area contributed by atoms with Gasteiger partial charge in [-0.25, -0.2) is 0 Å². The first-order valence-electron chi connectivity index (χ1n) is 8.24. The van der Waals surface area contributed by atoms with Crippen LogP contribution in [0.25, 0.3) is 0 Å². The van der Waals surface area contributed by atoms with Gasteiger partial charge < -0.3 is 10.6 Å². The Morgan fingerprint density at radius 1 is 1.21 bits per heavy atom. The first-order valence-corrected chi connectivity index (χ1v) is 8.24. The van der Waals surface area contributed by atoms with Crippen LogP contribution in [0.15, 0.2) is 0 Å². The van der Waals surface area contributed by atoms with Crippen LogP contribution in [0.1, 0.15) is 71.6 Å². The smallest absolute Gasteiger partial charge is 0.220 e. The maximum Gasteiger partial charge on any atom is 0.220 e. The Kier molecular flexibility index (Phi) is 8.89. The van der Waals surface area contributed by atoms with Gasteiger partial charge in [0.1, 0.15) is 0 Å². The van der Waals surface area contributed by atoms with Gasteiger partial charge in [-0.05, 0) is 31.7 Å². The minimum atomic E-state index is 0.232. The Hall–Kier alpha value is -0.570. The Bertz CT molecular complexity index is 243. The third-order valence-electron chi connectivity index (χ3n) is 4.21. The molecule has 0 aromatic rings. The van der Waals surface area contributed by atoms with Crippen molar-refractivity contribution in [3.05, 3.63) is 0 Å². The monoisotopic (exact) mass is 268 g/mol. The maximum absolute atomic E-state index is 11.7. The topological polar surface area (TPSA) is 41.1 Å². The van der Waals surface area contributed by atoms with Gasteiger partial charge in [-0.2, -0.15) is 0 Å². The zero-order chi connectivity index (χ0) is 13.9. The minimum Gasteiger partial charge on any atom is -0.355 e. The number of nitrogens with one attached hydrogen (secondary N) is 2. The summed E-state index contributed by atoms with van der Waals surface area (Å²) in [4.78, 5) is 11.7. The molecule has 1 heterocycles. The molecule has 0 radical (unpaired) electrons. The van der Waals surface area contributed by atoms with Crippen molar-refractivity contribution in [2.24, 2.45) is 5.92 Å². The van der Waals surface area contributed by atoms with Crippen LogP contribution in [0, 0.1) is 5.92 Å². The molecule has 2 atom stereocenters. The quantitative estimate of drug-likeness (QED) is 0.630. The molecule has 3 nitrogen and oxygen atoms in total. The predicted octanol–water partition coefficient (Wildman–Crippen LogP) is 3.24. The van der Waals surface area contributed by atoms with Crippen molar-refractivity contribution in [2.45, 2.75) is 77.7 Å². The normalized spacial score (nSPS) is 23.3. The fourth-order valence-electron chi connectivity index (χ4n) is 2.77. The van der Waals surface area contributed by atoms with Crippen molar-refractivity contribution in [1.82, 2.24) is 10.6 Å². The molecule has 0 bridgehead atoms. The van der Waals surface area contributed by atoms with Gasteiger partial charge in [0.05, 0.1) is 0 Å². The third kappa shape index (κ3) is 7.56. The van der Waals surface area contributed by atoms with Gasteiger partial charge in [-0.15, -0.1) is 0 Å². The lowest BCUT2D eigenvalue weighted by molar-refractivity contribution is -0.121. The maximum atomic E-state index is 11.7. The summed E-state index contributed by atoms with van der Waals surface area (Å²) in [6.45, 7) is 6.41. The van der Waals surface area contributed by atoms with Gasteiger partial charge in [0.15, 0.2) is 0 Å². The number of hydrogen-bond donors (Lipinski definition) is 2. The molecule has 19 heavy (non-hydrogen) atoms. The van der Waals surface area contributed by atoms with Crippen LogP contribution in [-0.4, -0.2) is 25.0 Å². The first-order chi connectivity index (χ1) is 9.24. The van der Waals surface area contributed by atoms with E-state index in [-0.39, 0.29) is 5.91 Å². The average molecular weight is 268 g/mol. The van der Waals surface area contributed by atoms with Gasteiger partial charge in [0.25, 0.3) is 0 Å². The summed E-state index contributed by atoms with van der Waals surface area (Å²) < 4.78 is 0. The van der Waals surface area contributed by atoms with Crippen LogP contribution in [0.4, 0.5) is 0 Å². The van der Waals surface area contributed by atoms with Gasteiger partial charge >= 0.3 is 0 Å². The van der Waals surface area contributed by atoms with E-state index in [0.29, 0.717) is 18.4 Å². The molecule has 1 rings (SSSR count). The standard InChI is InChI=1S/C16H32N2O/c1-3-4-5-6-7-8-11-16(19)18-13-15-14(2)10-9-12-17-15/h14-15,17H,3-13H2,1-2H3,(H,18,19). The minimum absolute atomic E-state index is 0.232. The highest BCUT2D eigenvalue weighted by Gasteiger charge is 2.20. The molecule has 1 saturated heterocycles. The number of hydrogen-bond acceptors (Lipinski definition) is 2. The van der Waals surface area contributed by atoms with Crippen molar-refractivity contribution in [2.75, 3.05) is 13.1 Å². The van der Waals surface area contributed by atoms with Gasteiger partial charge in [-0.3, -0.25) is 4.79 Å². The Balaban J connectivity index is 1.98. The first kappa shape index (κ1) is 16.5. The second-order valence-corrected chi connectivity index (χ2v) is 6.00. The van der Waals surface area contributed by atoms with Crippen molar-refractivity contribution in [3.63, 3.8) is 0 Å². The van der Waals surface area contributed by atoms with Crippen molar-refractivity contribution < 1.29 is 4.79 Å². The second-order valence-electron chi connectivity index (χ2n) is 6.00. The largest absolute Gasteiger partial charge is 0.355 e. The number of carbonyl (C=O) groups excluding carboxylic acids is 1. The molecule has 0 aromatic carbocycles. The van der Waals surface area contributed by atoms with E-state index in [1.54, 1.807) is 0 Å². The molecule has 0 aliphatic carbocycles. The summed E-state index contributed by atoms with van der Waals surface area (Å²) >= 11 is 0. The third-order valence-corrected chi connectivity index (χ3v) is 4.21. The number of rotatable bonds is 9. The zero-order valence-corrected chi connectivity index (χ0v) is 12.8. The SMILES string of the molecule is CCCCCCCCC(=O)NCC1NCCCC1C. The molecule has 1 aliphatic heterocycles. The van der Waals surface area contributed by atoms with Crippen LogP contribution in [0.3, 0.4) is 0 Å². The second kappa shape index (κ2) is 10.2. The summed E-state index contributed by atoms with van der Waals surface area (Å²) in [5.41, 5.74) is 0. The molecule has 1 fully saturated rings. The van der Waals surface area contributed by atoms with Gasteiger partial charge in [0, 0.05) is 19.0 Å². The van der Waals surface area contributed by atoms with Crippen molar-refractivity contribution >= 4 is 5.91 Å². The van der Waals surface area contributed by atoms with Crippen LogP contribution >= 0.6 is 0 Å². The van der Waals surface area contributed by atoms with Crippen LogP contribution in [-0.2, 0) is 4.79 Å². The van der Waals surface area contributed by atoms with Crippen LogP contribution < -0.4 is 10.6 Å². The number of amides is 1. The molecule has 2 unspecified atom stereocenters. The predicted molar refractivity (Wildman–Crippen MR) is 81.2 cm³/mol. The lowest BCUT2D eigenvalue weighted by Gasteiger charge is -2.30. The summed E-state index contributed by atoms with van der Waals surface area (Å²) in [7, 11) is 0. The molecule has 112 valence electrons. The van der Waals surface area contributed by atoms with Crippen molar-refractivity contribution in [3.8, 4) is 0 Å². The van der Waals surface area contributed by atoms with E-state index in [4.69, 9.17) is 0 Å².